The highest BCUT2D eigenvalue weighted by atomic mass is 16.1. The summed E-state index contributed by atoms with van der Waals surface area (Å²) in [5, 5.41) is 0. The quantitative estimate of drug-likeness (QED) is 0.536. The number of hydrogen-bond donors (Lipinski definition) is 0. The van der Waals surface area contributed by atoms with Gasteiger partial charge in [0, 0.05) is 11.3 Å². The van der Waals surface area contributed by atoms with Crippen LogP contribution in [0.3, 0.4) is 0 Å². The molecule has 1 aliphatic rings. The number of Topliss-reactive ketones (excluding diaryl/α,β-unsaturated/α-hetero) is 1. The predicted octanol–water partition coefficient (Wildman–Crippen LogP) is 1.37. The molecule has 0 amide bonds. The Morgan fingerprint density at radius 1 is 1.50 bits per heavy atom. The molecule has 0 unspecified atom stereocenters. The van der Waals surface area contributed by atoms with Crippen LogP contribution in [0.25, 0.3) is 0 Å². The van der Waals surface area contributed by atoms with Crippen LogP contribution in [-0.4, -0.2) is 18.0 Å². The van der Waals surface area contributed by atoms with Crippen LogP contribution in [0.4, 0.5) is 0 Å². The summed E-state index contributed by atoms with van der Waals surface area (Å²) < 4.78 is 0. The summed E-state index contributed by atoms with van der Waals surface area (Å²) >= 11 is 0. The van der Waals surface area contributed by atoms with Crippen LogP contribution < -0.4 is 0 Å². The fourth-order valence-electron chi connectivity index (χ4n) is 1.03. The maximum atomic E-state index is 10.9. The third kappa shape index (κ3) is 1.01. The van der Waals surface area contributed by atoms with E-state index in [9.17, 15) is 4.79 Å². The van der Waals surface area contributed by atoms with Crippen molar-refractivity contribution in [3.8, 4) is 0 Å². The summed E-state index contributed by atoms with van der Waals surface area (Å²) in [6.45, 7) is 6.06. The summed E-state index contributed by atoms with van der Waals surface area (Å²) in [4.78, 5) is 15.0. The van der Waals surface area contributed by atoms with E-state index < -0.39 is 0 Å². The van der Waals surface area contributed by atoms with Crippen LogP contribution in [0, 0.1) is 0 Å². The van der Waals surface area contributed by atoms with Crippen molar-refractivity contribution in [1.82, 2.24) is 0 Å². The highest BCUT2D eigenvalue weighted by Gasteiger charge is 2.14. The molecule has 0 N–H and O–H groups in total. The van der Waals surface area contributed by atoms with E-state index in [0.29, 0.717) is 6.54 Å². The highest BCUT2D eigenvalue weighted by molar-refractivity contribution is 6.09. The molecule has 54 valence electrons. The molecule has 2 nitrogen and oxygen atoms in total. The van der Waals surface area contributed by atoms with Crippen LogP contribution in [0.15, 0.2) is 16.1 Å². The number of nitrogens with zero attached hydrogens (tertiary/aromatic N) is 1. The second-order valence-corrected chi connectivity index (χ2v) is 2.56. The maximum Gasteiger partial charge on any atom is 0.157 e. The molecule has 10 heavy (non-hydrogen) atoms. The minimum Gasteiger partial charge on any atom is -0.295 e. The van der Waals surface area contributed by atoms with E-state index in [1.165, 1.54) is 0 Å². The van der Waals surface area contributed by atoms with E-state index in [4.69, 9.17) is 0 Å². The summed E-state index contributed by atoms with van der Waals surface area (Å²) in [5.74, 6) is 0.151. The Hall–Kier alpha value is -0.920. The molecule has 0 aromatic rings. The van der Waals surface area contributed by atoms with Gasteiger partial charge in [0.05, 0.1) is 6.54 Å². The SMILES string of the molecule is CC(=O)C1=C(C)C(C)=NC1. The van der Waals surface area contributed by atoms with Gasteiger partial charge in [0.15, 0.2) is 5.78 Å². The van der Waals surface area contributed by atoms with E-state index >= 15 is 0 Å². The normalized spacial score (nSPS) is 17.7. The minimum atomic E-state index is 0.151. The first-order valence-corrected chi connectivity index (χ1v) is 3.35. The average Bonchev–Trinajstić information content (AvgIpc) is 2.14. The lowest BCUT2D eigenvalue weighted by Crippen LogP contribution is -2.00. The number of carbonyl (C=O) groups is 1. The molecule has 0 aliphatic carbocycles. The number of hydrogen-bond acceptors (Lipinski definition) is 2. The number of rotatable bonds is 1. The molecule has 2 heteroatoms. The molecule has 0 radical (unpaired) electrons. The molecule has 0 bridgehead atoms. The van der Waals surface area contributed by atoms with Gasteiger partial charge in [-0.25, -0.2) is 0 Å². The molecular formula is C8H11NO. The first-order valence-electron chi connectivity index (χ1n) is 3.35. The van der Waals surface area contributed by atoms with E-state index in [0.717, 1.165) is 16.9 Å². The smallest absolute Gasteiger partial charge is 0.157 e. The van der Waals surface area contributed by atoms with Crippen LogP contribution in [0.5, 0.6) is 0 Å². The van der Waals surface area contributed by atoms with Gasteiger partial charge < -0.3 is 0 Å². The van der Waals surface area contributed by atoms with Gasteiger partial charge in [-0.15, -0.1) is 0 Å². The Morgan fingerprint density at radius 2 is 2.10 bits per heavy atom. The molecule has 0 spiro atoms. The van der Waals surface area contributed by atoms with Gasteiger partial charge >= 0.3 is 0 Å². The minimum absolute atomic E-state index is 0.151. The fourth-order valence-corrected chi connectivity index (χ4v) is 1.03. The first-order chi connectivity index (χ1) is 4.63. The summed E-state index contributed by atoms with van der Waals surface area (Å²) in [6.07, 6.45) is 0. The van der Waals surface area contributed by atoms with Crippen molar-refractivity contribution in [2.75, 3.05) is 6.54 Å². The summed E-state index contributed by atoms with van der Waals surface area (Å²) in [5.41, 5.74) is 2.94. The van der Waals surface area contributed by atoms with Crippen LogP contribution in [0.1, 0.15) is 20.8 Å². The van der Waals surface area contributed by atoms with Crippen LogP contribution >= 0.6 is 0 Å². The van der Waals surface area contributed by atoms with E-state index in [-0.39, 0.29) is 5.78 Å². The standard InChI is InChI=1S/C8H11NO/c1-5-6(2)9-4-8(5)7(3)10/h4H2,1-3H3. The molecule has 1 rings (SSSR count). The lowest BCUT2D eigenvalue weighted by Gasteiger charge is -1.95. The van der Waals surface area contributed by atoms with Gasteiger partial charge in [0.25, 0.3) is 0 Å². The van der Waals surface area contributed by atoms with Crippen molar-refractivity contribution in [1.29, 1.82) is 0 Å². The van der Waals surface area contributed by atoms with Crippen molar-refractivity contribution in [2.45, 2.75) is 20.8 Å². The molecule has 0 fully saturated rings. The van der Waals surface area contributed by atoms with Gasteiger partial charge in [0.1, 0.15) is 0 Å². The fraction of sp³-hybridized carbons (Fsp3) is 0.500. The molecule has 0 aromatic heterocycles. The monoisotopic (exact) mass is 137 g/mol. The molecule has 0 saturated heterocycles. The maximum absolute atomic E-state index is 10.9. The lowest BCUT2D eigenvalue weighted by molar-refractivity contribution is -0.113. The van der Waals surface area contributed by atoms with E-state index in [1.807, 2.05) is 13.8 Å². The third-order valence-corrected chi connectivity index (χ3v) is 1.89. The van der Waals surface area contributed by atoms with Crippen LogP contribution in [0.2, 0.25) is 0 Å². The van der Waals surface area contributed by atoms with E-state index in [2.05, 4.69) is 4.99 Å². The Bertz CT molecular complexity index is 236. The lowest BCUT2D eigenvalue weighted by atomic mass is 10.1. The zero-order chi connectivity index (χ0) is 7.72. The topological polar surface area (TPSA) is 29.4 Å². The van der Waals surface area contributed by atoms with E-state index in [1.54, 1.807) is 6.92 Å². The van der Waals surface area contributed by atoms with Gasteiger partial charge in [0.2, 0.25) is 0 Å². The first kappa shape index (κ1) is 7.19. The zero-order valence-electron chi connectivity index (χ0n) is 6.56. The van der Waals surface area contributed by atoms with Gasteiger partial charge in [-0.1, -0.05) is 0 Å². The second-order valence-electron chi connectivity index (χ2n) is 2.56. The van der Waals surface area contributed by atoms with Crippen molar-refractivity contribution in [3.63, 3.8) is 0 Å². The summed E-state index contributed by atoms with van der Waals surface area (Å²) in [6, 6.07) is 0. The van der Waals surface area contributed by atoms with Crippen LogP contribution in [-0.2, 0) is 4.79 Å². The molecule has 0 aromatic carbocycles. The van der Waals surface area contributed by atoms with Crippen molar-refractivity contribution in [3.05, 3.63) is 11.1 Å². The van der Waals surface area contributed by atoms with Crippen molar-refractivity contribution >= 4 is 11.5 Å². The molecule has 0 atom stereocenters. The van der Waals surface area contributed by atoms with Gasteiger partial charge in [-0.2, -0.15) is 0 Å². The van der Waals surface area contributed by atoms with Crippen molar-refractivity contribution < 1.29 is 4.79 Å². The van der Waals surface area contributed by atoms with Crippen molar-refractivity contribution in [2.24, 2.45) is 4.99 Å². The largest absolute Gasteiger partial charge is 0.295 e. The van der Waals surface area contributed by atoms with Gasteiger partial charge in [-0.05, 0) is 26.3 Å². The van der Waals surface area contributed by atoms with Gasteiger partial charge in [-0.3, -0.25) is 9.79 Å². The third-order valence-electron chi connectivity index (χ3n) is 1.89. The molecule has 1 heterocycles. The highest BCUT2D eigenvalue weighted by Crippen LogP contribution is 2.14. The number of ketones is 1. The Labute approximate surface area is 60.7 Å². The average molecular weight is 137 g/mol. The Morgan fingerprint density at radius 3 is 2.30 bits per heavy atom. The zero-order valence-corrected chi connectivity index (χ0v) is 6.56. The second kappa shape index (κ2) is 2.37. The number of aliphatic imine (C=N–C) groups is 1. The predicted molar refractivity (Wildman–Crippen MR) is 41.4 cm³/mol. The molecular weight excluding hydrogens is 126 g/mol. The molecule has 1 aliphatic heterocycles. The molecule has 0 saturated carbocycles. The summed E-state index contributed by atoms with van der Waals surface area (Å²) in [7, 11) is 0. The Balaban J connectivity index is 2.94. The number of allylic oxidation sites excluding steroid dienone is 1. The number of carbonyl (C=O) groups excluding carboxylic acids is 1. The Kier molecular flexibility index (Phi) is 1.70.